The monoisotopic (exact) mass is 274 g/mol. The minimum Gasteiger partial charge on any atom is -0.458 e. The molecule has 2 aliphatic heterocycles. The highest BCUT2D eigenvalue weighted by atomic mass is 16.6. The van der Waals surface area contributed by atoms with Gasteiger partial charge in [-0.3, -0.25) is 0 Å². The smallest absolute Gasteiger partial charge is 0.146 e. The summed E-state index contributed by atoms with van der Waals surface area (Å²) >= 11 is 0. The van der Waals surface area contributed by atoms with Gasteiger partial charge >= 0.3 is 0 Å². The van der Waals surface area contributed by atoms with E-state index >= 15 is 0 Å². The van der Waals surface area contributed by atoms with Gasteiger partial charge in [-0.25, -0.2) is 0 Å². The second kappa shape index (κ2) is 4.29. The number of hydrogen-bond acceptors (Lipinski definition) is 2. The molecule has 0 radical (unpaired) electrons. The Bertz CT molecular complexity index is 456. The van der Waals surface area contributed by atoms with Crippen molar-refractivity contribution in [2.45, 2.75) is 53.4 Å². The van der Waals surface area contributed by atoms with Gasteiger partial charge < -0.3 is 9.47 Å². The van der Waals surface area contributed by atoms with Crippen molar-refractivity contribution in [1.29, 1.82) is 0 Å². The highest BCUT2D eigenvalue weighted by Gasteiger charge is 2.63. The number of allylic oxidation sites excluding steroid dienone is 4. The van der Waals surface area contributed by atoms with E-state index in [1.807, 2.05) is 27.7 Å². The van der Waals surface area contributed by atoms with Gasteiger partial charge in [-0.15, -0.1) is 0 Å². The summed E-state index contributed by atoms with van der Waals surface area (Å²) in [6, 6.07) is 0. The topological polar surface area (TPSA) is 25.1 Å². The third-order valence-electron chi connectivity index (χ3n) is 6.03. The zero-order valence-corrected chi connectivity index (χ0v) is 13.1. The summed E-state index contributed by atoms with van der Waals surface area (Å²) < 4.78 is 11.3. The van der Waals surface area contributed by atoms with Crippen LogP contribution in [-0.4, -0.2) is 0 Å². The molecule has 4 aliphatic carbocycles. The van der Waals surface area contributed by atoms with Gasteiger partial charge in [-0.05, 0) is 37.5 Å². The summed E-state index contributed by atoms with van der Waals surface area (Å²) in [6.45, 7) is 8.00. The molecule has 6 aliphatic rings. The van der Waals surface area contributed by atoms with Crippen LogP contribution >= 0.6 is 0 Å². The van der Waals surface area contributed by atoms with Gasteiger partial charge in [0, 0.05) is 23.7 Å². The molecule has 0 amide bonds. The molecule has 4 bridgehead atoms. The second-order valence-corrected chi connectivity index (χ2v) is 6.54. The van der Waals surface area contributed by atoms with Crippen LogP contribution in [0.3, 0.4) is 0 Å². The van der Waals surface area contributed by atoms with Crippen LogP contribution in [0, 0.1) is 35.5 Å². The summed E-state index contributed by atoms with van der Waals surface area (Å²) in [6.07, 6.45) is 5.66. The van der Waals surface area contributed by atoms with Gasteiger partial charge in [-0.2, -0.15) is 0 Å². The lowest BCUT2D eigenvalue weighted by molar-refractivity contribution is 0.220. The molecule has 0 N–H and O–H groups in total. The van der Waals surface area contributed by atoms with Crippen molar-refractivity contribution >= 4 is 0 Å². The Morgan fingerprint density at radius 2 is 1.00 bits per heavy atom. The Kier molecular flexibility index (Phi) is 2.74. The molecule has 6 atom stereocenters. The van der Waals surface area contributed by atoms with Crippen molar-refractivity contribution < 1.29 is 9.47 Å². The Balaban J connectivity index is 0.000000247. The number of ether oxygens (including phenoxy) is 2. The minimum absolute atomic E-state index is 0.812. The van der Waals surface area contributed by atoms with Crippen molar-refractivity contribution in [3.05, 3.63) is 23.0 Å². The quantitative estimate of drug-likeness (QED) is 0.684. The van der Waals surface area contributed by atoms with E-state index in [-0.39, 0.29) is 0 Å². The summed E-state index contributed by atoms with van der Waals surface area (Å²) in [5.74, 6) is 10.7. The Labute approximate surface area is 122 Å². The first-order chi connectivity index (χ1) is 9.90. The van der Waals surface area contributed by atoms with E-state index < -0.39 is 0 Å². The maximum Gasteiger partial charge on any atom is 0.146 e. The largest absolute Gasteiger partial charge is 0.458 e. The molecule has 0 aromatic rings. The van der Waals surface area contributed by atoms with Crippen molar-refractivity contribution in [2.24, 2.45) is 35.5 Å². The fourth-order valence-corrected chi connectivity index (χ4v) is 5.39. The van der Waals surface area contributed by atoms with E-state index in [2.05, 4.69) is 0 Å². The molecule has 0 aromatic heterocycles. The van der Waals surface area contributed by atoms with E-state index in [4.69, 9.17) is 9.47 Å². The Morgan fingerprint density at radius 3 is 1.30 bits per heavy atom. The third-order valence-corrected chi connectivity index (χ3v) is 6.03. The number of hydrogen-bond donors (Lipinski definition) is 0. The Hall–Kier alpha value is -0.920. The first-order valence-electron chi connectivity index (χ1n) is 8.74. The lowest BCUT2D eigenvalue weighted by Gasteiger charge is -2.27. The van der Waals surface area contributed by atoms with Gasteiger partial charge in [0.25, 0.3) is 0 Å². The predicted octanol–water partition coefficient (Wildman–Crippen LogP) is 4.83. The molecule has 6 unspecified atom stereocenters. The van der Waals surface area contributed by atoms with E-state index in [1.165, 1.54) is 48.7 Å². The van der Waals surface area contributed by atoms with E-state index in [9.17, 15) is 0 Å². The molecule has 2 saturated carbocycles. The van der Waals surface area contributed by atoms with Crippen LogP contribution in [0.5, 0.6) is 0 Å². The van der Waals surface area contributed by atoms with Crippen LogP contribution in [0.2, 0.25) is 0 Å². The first-order valence-corrected chi connectivity index (χ1v) is 8.74. The maximum atomic E-state index is 5.64. The van der Waals surface area contributed by atoms with Gasteiger partial charge in [0.2, 0.25) is 0 Å². The van der Waals surface area contributed by atoms with E-state index in [1.54, 1.807) is 0 Å². The highest BCUT2D eigenvalue weighted by Crippen LogP contribution is 2.69. The van der Waals surface area contributed by atoms with Crippen molar-refractivity contribution in [1.82, 2.24) is 0 Å². The molecule has 2 fully saturated rings. The average Bonchev–Trinajstić information content (AvgIpc) is 3.36. The van der Waals surface area contributed by atoms with Crippen LogP contribution in [0.4, 0.5) is 0 Å². The summed E-state index contributed by atoms with van der Waals surface area (Å²) in [5, 5.41) is 0. The van der Waals surface area contributed by atoms with Crippen LogP contribution in [0.25, 0.3) is 0 Å². The van der Waals surface area contributed by atoms with Crippen molar-refractivity contribution in [2.75, 3.05) is 0 Å². The van der Waals surface area contributed by atoms with Gasteiger partial charge in [0.1, 0.15) is 23.0 Å². The van der Waals surface area contributed by atoms with Gasteiger partial charge in [0.15, 0.2) is 0 Å². The molecule has 0 spiro atoms. The minimum atomic E-state index is 0.812. The molecular formula is C18H26O2. The fraction of sp³-hybridized carbons (Fsp3) is 0.778. The summed E-state index contributed by atoms with van der Waals surface area (Å²) in [7, 11) is 0. The maximum absolute atomic E-state index is 5.64. The molecule has 0 saturated heterocycles. The molecular weight excluding hydrogens is 248 g/mol. The second-order valence-electron chi connectivity index (χ2n) is 6.54. The van der Waals surface area contributed by atoms with Gasteiger partial charge in [0.05, 0.1) is 0 Å². The van der Waals surface area contributed by atoms with Crippen molar-refractivity contribution in [3.8, 4) is 0 Å². The third kappa shape index (κ3) is 1.46. The normalized spacial score (nSPS) is 46.6. The molecule has 2 nitrogen and oxygen atoms in total. The van der Waals surface area contributed by atoms with Crippen LogP contribution < -0.4 is 0 Å². The van der Waals surface area contributed by atoms with Crippen LogP contribution in [0.15, 0.2) is 23.0 Å². The van der Waals surface area contributed by atoms with Gasteiger partial charge in [-0.1, -0.05) is 27.7 Å². The van der Waals surface area contributed by atoms with E-state index in [0.717, 1.165) is 35.5 Å². The number of fused-ring (bicyclic) bond motifs is 8. The molecule has 0 aromatic carbocycles. The predicted molar refractivity (Wildman–Crippen MR) is 78.3 cm³/mol. The zero-order chi connectivity index (χ0) is 14.0. The first kappa shape index (κ1) is 12.8. The Morgan fingerprint density at radius 1 is 0.600 bits per heavy atom. The summed E-state index contributed by atoms with van der Waals surface area (Å²) in [4.78, 5) is 0. The molecule has 2 heterocycles. The lowest BCUT2D eigenvalue weighted by Crippen LogP contribution is -2.23. The lowest BCUT2D eigenvalue weighted by atomic mass is 9.75. The SMILES string of the molecule is C1C2CC(C3CC4CC3C3=C4O3)C1C1=C2O1.CC.CC. The molecule has 6 rings (SSSR count). The zero-order valence-electron chi connectivity index (χ0n) is 13.1. The standard InChI is InChI=1S/C14H14O2.2C2H6/c1-5-3-9(13-11(5)15-13)7(1)8-2-6-4-10(8)14-12(6)16-14;2*1-2/h5-10H,1-4H2;2*1-2H3. The van der Waals surface area contributed by atoms with Crippen molar-refractivity contribution in [3.63, 3.8) is 0 Å². The average molecular weight is 274 g/mol. The molecule has 20 heavy (non-hydrogen) atoms. The van der Waals surface area contributed by atoms with Crippen LogP contribution in [-0.2, 0) is 9.47 Å². The summed E-state index contributed by atoms with van der Waals surface area (Å²) in [5.41, 5.74) is 0. The van der Waals surface area contributed by atoms with E-state index in [0.29, 0.717) is 0 Å². The molecule has 110 valence electrons. The number of rotatable bonds is 1. The highest BCUT2D eigenvalue weighted by molar-refractivity contribution is 5.38. The molecule has 2 heteroatoms. The fourth-order valence-electron chi connectivity index (χ4n) is 5.39. The van der Waals surface area contributed by atoms with Crippen LogP contribution in [0.1, 0.15) is 53.4 Å².